The molecule has 2 atom stereocenters. The predicted octanol–water partition coefficient (Wildman–Crippen LogP) is 1.30. The lowest BCUT2D eigenvalue weighted by atomic mass is 9.78. The van der Waals surface area contributed by atoms with Crippen LogP contribution in [0.4, 0.5) is 17.3 Å². The highest BCUT2D eigenvalue weighted by molar-refractivity contribution is 7.88. The lowest BCUT2D eigenvalue weighted by Gasteiger charge is -2.44. The molecule has 2 saturated heterocycles. The van der Waals surface area contributed by atoms with Crippen molar-refractivity contribution in [3.63, 3.8) is 0 Å². The van der Waals surface area contributed by atoms with Crippen molar-refractivity contribution in [2.45, 2.75) is 25.2 Å². The number of rotatable bonds is 4. The van der Waals surface area contributed by atoms with E-state index >= 15 is 0 Å². The van der Waals surface area contributed by atoms with Gasteiger partial charge in [0.15, 0.2) is 0 Å². The van der Waals surface area contributed by atoms with Crippen molar-refractivity contribution in [1.29, 1.82) is 0 Å². The van der Waals surface area contributed by atoms with Crippen LogP contribution >= 0.6 is 0 Å². The number of nitrogens with one attached hydrogen (secondary N) is 1. The maximum atomic E-state index is 13.4. The molecule has 10 nitrogen and oxygen atoms in total. The Bertz CT molecular complexity index is 1130. The van der Waals surface area contributed by atoms with Crippen LogP contribution in [-0.4, -0.2) is 79.1 Å². The molecule has 0 spiro atoms. The summed E-state index contributed by atoms with van der Waals surface area (Å²) in [5, 5.41) is 2.95. The third kappa shape index (κ3) is 4.51. The lowest BCUT2D eigenvalue weighted by molar-refractivity contribution is -0.119. The van der Waals surface area contributed by atoms with Crippen molar-refractivity contribution in [3.8, 4) is 0 Å². The summed E-state index contributed by atoms with van der Waals surface area (Å²) < 4.78 is 25.5. The fourth-order valence-corrected chi connectivity index (χ4v) is 6.09. The molecule has 1 unspecified atom stereocenters. The van der Waals surface area contributed by atoms with E-state index < -0.39 is 10.0 Å². The summed E-state index contributed by atoms with van der Waals surface area (Å²) in [6.45, 7) is 4.07. The Kier molecular flexibility index (Phi) is 5.92. The van der Waals surface area contributed by atoms with Gasteiger partial charge < -0.3 is 15.1 Å². The number of sulfonamides is 1. The van der Waals surface area contributed by atoms with E-state index in [1.54, 1.807) is 12.3 Å². The van der Waals surface area contributed by atoms with Gasteiger partial charge in [-0.05, 0) is 43.4 Å². The van der Waals surface area contributed by atoms with Crippen molar-refractivity contribution >= 4 is 33.3 Å². The SMILES string of the molecule is CS(=O)(=O)N1CCCN(c2ccc3c(n2)C(C(=O)Nc2ccncn2)[C@H]2CCCN3C2)CC1. The molecule has 0 aliphatic carbocycles. The van der Waals surface area contributed by atoms with Crippen LogP contribution < -0.4 is 15.1 Å². The van der Waals surface area contributed by atoms with Crippen molar-refractivity contribution < 1.29 is 13.2 Å². The van der Waals surface area contributed by atoms with Gasteiger partial charge in [-0.15, -0.1) is 0 Å². The molecular formula is C22H29N7O3S. The summed E-state index contributed by atoms with van der Waals surface area (Å²) in [6.07, 6.45) is 7.05. The van der Waals surface area contributed by atoms with Crippen LogP contribution in [0.1, 0.15) is 30.9 Å². The van der Waals surface area contributed by atoms with Crippen molar-refractivity contribution in [2.24, 2.45) is 5.92 Å². The Morgan fingerprint density at radius 1 is 1.06 bits per heavy atom. The summed E-state index contributed by atoms with van der Waals surface area (Å²) in [7, 11) is -3.21. The van der Waals surface area contributed by atoms with Gasteiger partial charge in [0, 0.05) is 45.5 Å². The summed E-state index contributed by atoms with van der Waals surface area (Å²) >= 11 is 0. The van der Waals surface area contributed by atoms with E-state index in [4.69, 9.17) is 4.98 Å². The molecule has 33 heavy (non-hydrogen) atoms. The van der Waals surface area contributed by atoms with Crippen LogP contribution in [0.15, 0.2) is 30.7 Å². The van der Waals surface area contributed by atoms with Crippen molar-refractivity contribution in [1.82, 2.24) is 19.3 Å². The van der Waals surface area contributed by atoms with E-state index in [2.05, 4.69) is 31.2 Å². The second-order valence-electron chi connectivity index (χ2n) is 8.99. The third-order valence-electron chi connectivity index (χ3n) is 6.82. The van der Waals surface area contributed by atoms with Crippen LogP contribution in [0.25, 0.3) is 0 Å². The second kappa shape index (κ2) is 8.86. The quantitative estimate of drug-likeness (QED) is 0.710. The largest absolute Gasteiger partial charge is 0.370 e. The molecular weight excluding hydrogens is 442 g/mol. The maximum Gasteiger partial charge on any atom is 0.235 e. The number of piperidine rings is 1. The van der Waals surface area contributed by atoms with Crippen LogP contribution in [0, 0.1) is 5.92 Å². The number of fused-ring (bicyclic) bond motifs is 4. The van der Waals surface area contributed by atoms with Crippen LogP contribution in [0.5, 0.6) is 0 Å². The van der Waals surface area contributed by atoms with Crippen LogP contribution in [0.3, 0.4) is 0 Å². The first-order chi connectivity index (χ1) is 15.9. The monoisotopic (exact) mass is 471 g/mol. The van der Waals surface area contributed by atoms with Gasteiger partial charge in [-0.25, -0.2) is 27.7 Å². The first-order valence-electron chi connectivity index (χ1n) is 11.4. The maximum absolute atomic E-state index is 13.4. The summed E-state index contributed by atoms with van der Waals surface area (Å²) in [5.74, 6) is 1.03. The number of amides is 1. The minimum Gasteiger partial charge on any atom is -0.370 e. The smallest absolute Gasteiger partial charge is 0.235 e. The predicted molar refractivity (Wildman–Crippen MR) is 126 cm³/mol. The normalized spacial score (nSPS) is 23.5. The Labute approximate surface area is 194 Å². The summed E-state index contributed by atoms with van der Waals surface area (Å²) in [4.78, 5) is 30.9. The van der Waals surface area contributed by atoms with Crippen molar-refractivity contribution in [2.75, 3.05) is 60.6 Å². The van der Waals surface area contributed by atoms with E-state index in [9.17, 15) is 13.2 Å². The van der Waals surface area contributed by atoms with E-state index in [-0.39, 0.29) is 17.7 Å². The molecule has 11 heteroatoms. The first-order valence-corrected chi connectivity index (χ1v) is 13.3. The average molecular weight is 472 g/mol. The van der Waals surface area contributed by atoms with Gasteiger partial charge in [-0.3, -0.25) is 4.79 Å². The van der Waals surface area contributed by atoms with Crippen LogP contribution in [-0.2, 0) is 14.8 Å². The second-order valence-corrected chi connectivity index (χ2v) is 11.0. The molecule has 5 rings (SSSR count). The average Bonchev–Trinajstić information content (AvgIpc) is 3.06. The van der Waals surface area contributed by atoms with Gasteiger partial charge in [0.05, 0.1) is 23.6 Å². The number of hydrogen-bond donors (Lipinski definition) is 1. The fourth-order valence-electron chi connectivity index (χ4n) is 5.21. The van der Waals surface area contributed by atoms with E-state index in [1.807, 2.05) is 6.07 Å². The third-order valence-corrected chi connectivity index (χ3v) is 8.12. The topological polar surface area (TPSA) is 112 Å². The molecule has 3 aliphatic heterocycles. The highest BCUT2D eigenvalue weighted by Gasteiger charge is 2.41. The molecule has 2 fully saturated rings. The Hall–Kier alpha value is -2.79. The molecule has 1 amide bonds. The van der Waals surface area contributed by atoms with E-state index in [1.165, 1.54) is 16.9 Å². The number of nitrogens with zero attached hydrogens (tertiary/aromatic N) is 6. The van der Waals surface area contributed by atoms with Crippen LogP contribution in [0.2, 0.25) is 0 Å². The van der Waals surface area contributed by atoms with Gasteiger partial charge in [0.1, 0.15) is 18.0 Å². The molecule has 176 valence electrons. The molecule has 1 N–H and O–H groups in total. The Morgan fingerprint density at radius 3 is 2.70 bits per heavy atom. The minimum absolute atomic E-state index is 0.0923. The molecule has 3 aliphatic rings. The molecule has 0 aromatic carbocycles. The van der Waals surface area contributed by atoms with Gasteiger partial charge in [-0.2, -0.15) is 0 Å². The Balaban J connectivity index is 1.44. The molecule has 2 aromatic rings. The first kappa shape index (κ1) is 22.0. The summed E-state index contributed by atoms with van der Waals surface area (Å²) in [6, 6.07) is 5.76. The van der Waals surface area contributed by atoms with Gasteiger partial charge in [-0.1, -0.05) is 0 Å². The molecule has 2 bridgehead atoms. The number of pyridine rings is 1. The zero-order chi connectivity index (χ0) is 23.0. The highest BCUT2D eigenvalue weighted by Crippen LogP contribution is 2.43. The number of carbonyl (C=O) groups is 1. The fraction of sp³-hybridized carbons (Fsp3) is 0.545. The zero-order valence-electron chi connectivity index (χ0n) is 18.7. The van der Waals surface area contributed by atoms with Gasteiger partial charge >= 0.3 is 0 Å². The molecule has 2 aromatic heterocycles. The minimum atomic E-state index is -3.21. The molecule has 5 heterocycles. The van der Waals surface area contributed by atoms with Gasteiger partial charge in [0.25, 0.3) is 0 Å². The number of carbonyl (C=O) groups excluding carboxylic acids is 1. The van der Waals surface area contributed by atoms with Crippen molar-refractivity contribution in [3.05, 3.63) is 36.4 Å². The molecule has 0 radical (unpaired) electrons. The number of hydrogen-bond acceptors (Lipinski definition) is 8. The molecule has 0 saturated carbocycles. The number of aromatic nitrogens is 3. The lowest BCUT2D eigenvalue weighted by Crippen LogP contribution is -2.46. The van der Waals surface area contributed by atoms with E-state index in [0.717, 1.165) is 56.1 Å². The highest BCUT2D eigenvalue weighted by atomic mass is 32.2. The summed E-state index contributed by atoms with van der Waals surface area (Å²) in [5.41, 5.74) is 1.82. The Morgan fingerprint density at radius 2 is 1.91 bits per heavy atom. The standard InChI is InChI=1S/C22H29N7O3S/c1-33(31,32)29-11-3-10-27(12-13-29)19-6-5-17-21(26-19)20(16-4-2-9-28(17)14-16)22(30)25-18-7-8-23-15-24-18/h5-8,15-16,20H,2-4,9-14H2,1H3,(H,23,24,25,30)/t16-,20?/m0/s1. The van der Waals surface area contributed by atoms with E-state index in [0.29, 0.717) is 25.5 Å². The van der Waals surface area contributed by atoms with Gasteiger partial charge in [0.2, 0.25) is 15.9 Å². The number of anilines is 3. The zero-order valence-corrected chi connectivity index (χ0v) is 19.5.